The number of hydrogen-bond donors (Lipinski definition) is 1. The van der Waals surface area contributed by atoms with Crippen molar-refractivity contribution in [3.63, 3.8) is 0 Å². The van der Waals surface area contributed by atoms with Gasteiger partial charge in [0.25, 0.3) is 0 Å². The van der Waals surface area contributed by atoms with Crippen LogP contribution in [0.3, 0.4) is 0 Å². The fraction of sp³-hybridized carbons (Fsp3) is 0.538. The summed E-state index contributed by atoms with van der Waals surface area (Å²) in [5.41, 5.74) is 0.907. The maximum atomic E-state index is 12.6. The van der Waals surface area contributed by atoms with Crippen molar-refractivity contribution in [1.29, 1.82) is 0 Å². The summed E-state index contributed by atoms with van der Waals surface area (Å²) in [5.74, 6) is 0. The summed E-state index contributed by atoms with van der Waals surface area (Å²) < 4.78 is 27.5. The average molecular weight is 363 g/mol. The molecule has 0 radical (unpaired) electrons. The van der Waals surface area contributed by atoms with Crippen LogP contribution in [0.2, 0.25) is 0 Å². The van der Waals surface area contributed by atoms with Gasteiger partial charge in [-0.1, -0.05) is 15.9 Å². The number of nitrogens with zero attached hydrogens (tertiary/aromatic N) is 2. The summed E-state index contributed by atoms with van der Waals surface area (Å²) >= 11 is 3.38. The summed E-state index contributed by atoms with van der Waals surface area (Å²) in [6.45, 7) is 4.85. The monoisotopic (exact) mass is 362 g/mol. The number of aliphatic hydroxyl groups is 1. The van der Waals surface area contributed by atoms with Gasteiger partial charge in [0.15, 0.2) is 0 Å². The van der Waals surface area contributed by atoms with E-state index in [9.17, 15) is 8.42 Å². The van der Waals surface area contributed by atoms with Crippen LogP contribution in [-0.4, -0.2) is 62.1 Å². The molecule has 1 N–H and O–H groups in total. The molecule has 1 saturated heterocycles. The molecule has 7 heteroatoms. The van der Waals surface area contributed by atoms with E-state index in [-0.39, 0.29) is 6.61 Å². The molecular formula is C13H19BrN2O3S. The minimum atomic E-state index is -3.42. The van der Waals surface area contributed by atoms with Crippen molar-refractivity contribution >= 4 is 26.0 Å². The quantitative estimate of drug-likeness (QED) is 0.869. The van der Waals surface area contributed by atoms with Crippen LogP contribution in [0.1, 0.15) is 5.56 Å². The summed E-state index contributed by atoms with van der Waals surface area (Å²) in [6, 6.07) is 5.09. The largest absolute Gasteiger partial charge is 0.395 e. The first kappa shape index (κ1) is 15.9. The molecule has 0 spiro atoms. The number of aryl methyl sites for hydroxylation is 1. The topological polar surface area (TPSA) is 60.9 Å². The molecule has 1 aromatic rings. The first-order valence-electron chi connectivity index (χ1n) is 6.54. The van der Waals surface area contributed by atoms with Gasteiger partial charge < -0.3 is 5.11 Å². The molecule has 1 aliphatic heterocycles. The highest BCUT2D eigenvalue weighted by Crippen LogP contribution is 2.23. The Morgan fingerprint density at radius 3 is 2.45 bits per heavy atom. The van der Waals surface area contributed by atoms with Gasteiger partial charge in [-0.25, -0.2) is 8.42 Å². The minimum absolute atomic E-state index is 0.110. The molecule has 0 aliphatic carbocycles. The Kier molecular flexibility index (Phi) is 5.19. The Morgan fingerprint density at radius 1 is 1.25 bits per heavy atom. The maximum Gasteiger partial charge on any atom is 0.243 e. The predicted molar refractivity (Wildman–Crippen MR) is 81.2 cm³/mol. The standard InChI is InChI=1S/C13H19BrN2O3S/c1-11-10-12(2-3-13(11)14)20(18,19)16-6-4-15(5-7-16)8-9-17/h2-3,10,17H,4-9H2,1H3. The third-order valence-corrected chi connectivity index (χ3v) is 6.30. The predicted octanol–water partition coefficient (Wildman–Crippen LogP) is 1.06. The molecule has 5 nitrogen and oxygen atoms in total. The molecular weight excluding hydrogens is 344 g/mol. The van der Waals surface area contributed by atoms with Crippen molar-refractivity contribution in [3.05, 3.63) is 28.2 Å². The number of piperazine rings is 1. The van der Waals surface area contributed by atoms with E-state index in [4.69, 9.17) is 5.11 Å². The fourth-order valence-corrected chi connectivity index (χ4v) is 4.02. The molecule has 1 heterocycles. The summed E-state index contributed by atoms with van der Waals surface area (Å²) in [5, 5.41) is 8.90. The third kappa shape index (κ3) is 3.40. The van der Waals surface area contributed by atoms with Crippen LogP contribution in [0.4, 0.5) is 0 Å². The third-order valence-electron chi connectivity index (χ3n) is 3.51. The Balaban J connectivity index is 2.13. The van der Waals surface area contributed by atoms with Crippen molar-refractivity contribution in [2.45, 2.75) is 11.8 Å². The lowest BCUT2D eigenvalue weighted by Crippen LogP contribution is -2.49. The molecule has 0 unspecified atom stereocenters. The van der Waals surface area contributed by atoms with Crippen LogP contribution in [0, 0.1) is 6.92 Å². The SMILES string of the molecule is Cc1cc(S(=O)(=O)N2CCN(CCO)CC2)ccc1Br. The molecule has 1 fully saturated rings. The number of aliphatic hydroxyl groups excluding tert-OH is 1. The number of benzene rings is 1. The van der Waals surface area contributed by atoms with Gasteiger partial charge in [0.2, 0.25) is 10.0 Å². The molecule has 1 aliphatic rings. The van der Waals surface area contributed by atoms with Crippen molar-refractivity contribution in [1.82, 2.24) is 9.21 Å². The van der Waals surface area contributed by atoms with Gasteiger partial charge in [0.1, 0.15) is 0 Å². The summed E-state index contributed by atoms with van der Waals surface area (Å²) in [7, 11) is -3.42. The van der Waals surface area contributed by atoms with Gasteiger partial charge in [-0.15, -0.1) is 0 Å². The van der Waals surface area contributed by atoms with E-state index in [0.717, 1.165) is 10.0 Å². The number of halogens is 1. The smallest absolute Gasteiger partial charge is 0.243 e. The van der Waals surface area contributed by atoms with Crippen molar-refractivity contribution in [2.75, 3.05) is 39.3 Å². The van der Waals surface area contributed by atoms with E-state index in [2.05, 4.69) is 20.8 Å². The zero-order valence-electron chi connectivity index (χ0n) is 11.4. The van der Waals surface area contributed by atoms with Gasteiger partial charge in [0, 0.05) is 37.2 Å². The average Bonchev–Trinajstić information content (AvgIpc) is 2.43. The van der Waals surface area contributed by atoms with Gasteiger partial charge in [-0.3, -0.25) is 4.90 Å². The molecule has 0 amide bonds. The van der Waals surface area contributed by atoms with Crippen LogP contribution in [0.5, 0.6) is 0 Å². The molecule has 1 aromatic carbocycles. The minimum Gasteiger partial charge on any atom is -0.395 e. The molecule has 20 heavy (non-hydrogen) atoms. The second-order valence-corrected chi connectivity index (χ2v) is 7.67. The van der Waals surface area contributed by atoms with E-state index in [1.807, 2.05) is 6.92 Å². The first-order chi connectivity index (χ1) is 9.45. The van der Waals surface area contributed by atoms with Crippen LogP contribution in [-0.2, 0) is 10.0 Å². The Bertz CT molecular complexity index is 569. The first-order valence-corrected chi connectivity index (χ1v) is 8.78. The number of sulfonamides is 1. The maximum absolute atomic E-state index is 12.6. The number of β-amino-alcohol motifs (C(OH)–C–C–N with tert-alkyl or cyclic N) is 1. The van der Waals surface area contributed by atoms with Crippen LogP contribution in [0.15, 0.2) is 27.6 Å². The van der Waals surface area contributed by atoms with Gasteiger partial charge in [-0.2, -0.15) is 4.31 Å². The molecule has 0 bridgehead atoms. The lowest BCUT2D eigenvalue weighted by Gasteiger charge is -2.33. The lowest BCUT2D eigenvalue weighted by atomic mass is 10.2. The fourth-order valence-electron chi connectivity index (χ4n) is 2.26. The number of hydrogen-bond acceptors (Lipinski definition) is 4. The van der Waals surface area contributed by atoms with E-state index >= 15 is 0 Å². The zero-order valence-corrected chi connectivity index (χ0v) is 13.8. The van der Waals surface area contributed by atoms with E-state index in [1.54, 1.807) is 18.2 Å². The highest BCUT2D eigenvalue weighted by molar-refractivity contribution is 9.10. The summed E-state index contributed by atoms with van der Waals surface area (Å²) in [6.07, 6.45) is 0. The molecule has 0 atom stereocenters. The Labute approximate surface area is 128 Å². The van der Waals surface area contributed by atoms with Crippen LogP contribution in [0.25, 0.3) is 0 Å². The zero-order chi connectivity index (χ0) is 14.8. The summed E-state index contributed by atoms with van der Waals surface area (Å²) in [4.78, 5) is 2.41. The van der Waals surface area contributed by atoms with Crippen molar-refractivity contribution < 1.29 is 13.5 Å². The van der Waals surface area contributed by atoms with Gasteiger partial charge in [-0.05, 0) is 30.7 Å². The second kappa shape index (κ2) is 6.53. The highest BCUT2D eigenvalue weighted by Gasteiger charge is 2.28. The van der Waals surface area contributed by atoms with Gasteiger partial charge >= 0.3 is 0 Å². The second-order valence-electron chi connectivity index (χ2n) is 4.88. The van der Waals surface area contributed by atoms with Crippen molar-refractivity contribution in [3.8, 4) is 0 Å². The molecule has 0 aromatic heterocycles. The van der Waals surface area contributed by atoms with Crippen molar-refractivity contribution in [2.24, 2.45) is 0 Å². The number of rotatable bonds is 4. The Hall–Kier alpha value is -0.470. The van der Waals surface area contributed by atoms with E-state index in [1.165, 1.54) is 4.31 Å². The van der Waals surface area contributed by atoms with Gasteiger partial charge in [0.05, 0.1) is 11.5 Å². The van der Waals surface area contributed by atoms with Crippen LogP contribution < -0.4 is 0 Å². The highest BCUT2D eigenvalue weighted by atomic mass is 79.9. The Morgan fingerprint density at radius 2 is 1.90 bits per heavy atom. The molecule has 112 valence electrons. The van der Waals surface area contributed by atoms with Crippen LogP contribution >= 0.6 is 15.9 Å². The molecule has 0 saturated carbocycles. The van der Waals surface area contributed by atoms with E-state index < -0.39 is 10.0 Å². The molecule has 2 rings (SSSR count). The lowest BCUT2D eigenvalue weighted by molar-refractivity contribution is 0.151. The van der Waals surface area contributed by atoms with E-state index in [0.29, 0.717) is 37.6 Å². The normalized spacial score (nSPS) is 18.4.